The van der Waals surface area contributed by atoms with E-state index in [2.05, 4.69) is 20.7 Å². The van der Waals surface area contributed by atoms with Gasteiger partial charge in [0.1, 0.15) is 24.7 Å². The molecule has 2 aromatic rings. The minimum Gasteiger partial charge on any atom is -0.383 e. The summed E-state index contributed by atoms with van der Waals surface area (Å²) in [5, 5.41) is 39.6. The Kier molecular flexibility index (Phi) is 5.36. The van der Waals surface area contributed by atoms with Crippen LogP contribution in [0.25, 0.3) is 0 Å². The summed E-state index contributed by atoms with van der Waals surface area (Å²) in [4.78, 5) is 4.08. The molecule has 0 spiro atoms. The fraction of sp³-hybridized carbons (Fsp3) is 0.500. The molecule has 2 unspecified atom stereocenters. The molecule has 0 aliphatic heterocycles. The van der Waals surface area contributed by atoms with E-state index in [9.17, 15) is 19.7 Å². The van der Waals surface area contributed by atoms with E-state index in [-0.39, 0.29) is 4.21 Å². The number of thiazole rings is 1. The third-order valence-corrected chi connectivity index (χ3v) is 8.85. The van der Waals surface area contributed by atoms with E-state index in [1.54, 1.807) is 13.8 Å². The number of fused-ring (bicyclic) bond motifs is 2. The second-order valence-electron chi connectivity index (χ2n) is 8.22. The standard InChI is InChI=1S/C20H25N5O3S2/c1-20(2,27)18-23-10-16(29-18)30(22,28)25-19(26)24-17-13-7-3-5-11(13)15(9-21)12-6-4-8-14(12)17/h10,19,24,26-27H,3-8H2,1-2H3,(H2,22,25,28). The molecule has 1 heterocycles. The first-order chi connectivity index (χ1) is 14.1. The highest BCUT2D eigenvalue weighted by Gasteiger charge is 2.30. The first kappa shape index (κ1) is 21.2. The fourth-order valence-corrected chi connectivity index (χ4v) is 6.45. The van der Waals surface area contributed by atoms with Crippen molar-refractivity contribution >= 4 is 26.9 Å². The third-order valence-electron chi connectivity index (χ3n) is 5.58. The molecule has 10 heteroatoms. The van der Waals surface area contributed by atoms with Gasteiger partial charge in [-0.3, -0.25) is 0 Å². The first-order valence-corrected chi connectivity index (χ1v) is 12.3. The lowest BCUT2D eigenvalue weighted by atomic mass is 9.93. The van der Waals surface area contributed by atoms with Crippen molar-refractivity contribution in [2.75, 3.05) is 5.32 Å². The Morgan fingerprint density at radius 3 is 2.33 bits per heavy atom. The van der Waals surface area contributed by atoms with Crippen LogP contribution >= 0.6 is 11.3 Å². The Morgan fingerprint density at radius 2 is 1.83 bits per heavy atom. The number of nitrogens with zero attached hydrogens (tertiary/aromatic N) is 3. The van der Waals surface area contributed by atoms with Crippen LogP contribution in [0.1, 0.15) is 59.5 Å². The van der Waals surface area contributed by atoms with Crippen LogP contribution in [0.4, 0.5) is 5.69 Å². The van der Waals surface area contributed by atoms with Crippen molar-refractivity contribution in [2.45, 2.75) is 68.5 Å². The summed E-state index contributed by atoms with van der Waals surface area (Å²) in [6.45, 7) is 3.15. The van der Waals surface area contributed by atoms with E-state index in [0.717, 1.165) is 83.4 Å². The van der Waals surface area contributed by atoms with E-state index >= 15 is 0 Å². The molecule has 0 radical (unpaired) electrons. The molecule has 0 bridgehead atoms. The number of hydrogen-bond donors (Lipinski definition) is 4. The number of nitrogens with one attached hydrogen (secondary N) is 1. The van der Waals surface area contributed by atoms with Crippen LogP contribution in [0.3, 0.4) is 0 Å². The van der Waals surface area contributed by atoms with Crippen molar-refractivity contribution in [1.29, 1.82) is 5.26 Å². The van der Waals surface area contributed by atoms with E-state index in [4.69, 9.17) is 5.14 Å². The molecular formula is C20H25N5O3S2. The number of anilines is 1. The van der Waals surface area contributed by atoms with Crippen LogP contribution in [0.5, 0.6) is 0 Å². The molecule has 30 heavy (non-hydrogen) atoms. The second kappa shape index (κ2) is 7.59. The van der Waals surface area contributed by atoms with Gasteiger partial charge in [0, 0.05) is 5.69 Å². The maximum absolute atomic E-state index is 13.0. The van der Waals surface area contributed by atoms with Crippen molar-refractivity contribution in [1.82, 2.24) is 4.98 Å². The maximum atomic E-state index is 13.0. The summed E-state index contributed by atoms with van der Waals surface area (Å²) in [6, 6.07) is 2.38. The maximum Gasteiger partial charge on any atom is 0.233 e. The zero-order valence-corrected chi connectivity index (χ0v) is 18.6. The zero-order chi connectivity index (χ0) is 21.7. The van der Waals surface area contributed by atoms with E-state index in [1.807, 2.05) is 0 Å². The minimum absolute atomic E-state index is 0.191. The van der Waals surface area contributed by atoms with Crippen LogP contribution in [-0.4, -0.2) is 25.8 Å². The van der Waals surface area contributed by atoms with Gasteiger partial charge < -0.3 is 15.5 Å². The molecule has 0 fully saturated rings. The molecule has 0 saturated heterocycles. The Bertz CT molecular complexity index is 1130. The fourth-order valence-electron chi connectivity index (χ4n) is 4.30. The van der Waals surface area contributed by atoms with Gasteiger partial charge in [-0.25, -0.2) is 14.3 Å². The average molecular weight is 448 g/mol. The van der Waals surface area contributed by atoms with E-state index in [0.29, 0.717) is 5.01 Å². The van der Waals surface area contributed by atoms with Gasteiger partial charge in [-0.2, -0.15) is 9.62 Å². The molecule has 1 aromatic carbocycles. The summed E-state index contributed by atoms with van der Waals surface area (Å²) in [5.41, 5.74) is 4.62. The molecule has 0 saturated carbocycles. The molecule has 0 amide bonds. The smallest absolute Gasteiger partial charge is 0.233 e. The second-order valence-corrected chi connectivity index (χ2v) is 11.3. The van der Waals surface area contributed by atoms with Crippen LogP contribution in [0.2, 0.25) is 0 Å². The largest absolute Gasteiger partial charge is 0.383 e. The summed E-state index contributed by atoms with van der Waals surface area (Å²) < 4.78 is 17.1. The van der Waals surface area contributed by atoms with Gasteiger partial charge >= 0.3 is 0 Å². The monoisotopic (exact) mass is 447 g/mol. The summed E-state index contributed by atoms with van der Waals surface area (Å²) in [7, 11) is -3.40. The highest BCUT2D eigenvalue weighted by atomic mass is 32.2. The minimum atomic E-state index is -3.40. The number of aromatic nitrogens is 1. The van der Waals surface area contributed by atoms with Crippen molar-refractivity contribution in [3.05, 3.63) is 39.0 Å². The summed E-state index contributed by atoms with van der Waals surface area (Å²) in [5.74, 6) is 0. The average Bonchev–Trinajstić information content (AvgIpc) is 3.40. The predicted octanol–water partition coefficient (Wildman–Crippen LogP) is 2.31. The van der Waals surface area contributed by atoms with Crippen molar-refractivity contribution in [3.63, 3.8) is 0 Å². The number of rotatable bonds is 5. The molecule has 8 nitrogen and oxygen atoms in total. The lowest BCUT2D eigenvalue weighted by Crippen LogP contribution is -2.23. The van der Waals surface area contributed by atoms with Crippen LogP contribution in [0.15, 0.2) is 14.8 Å². The Hall–Kier alpha value is -2.03. The Labute approximate surface area is 180 Å². The zero-order valence-electron chi connectivity index (χ0n) is 16.9. The van der Waals surface area contributed by atoms with E-state index < -0.39 is 21.9 Å². The number of aliphatic hydroxyl groups is 2. The van der Waals surface area contributed by atoms with Gasteiger partial charge in [0.25, 0.3) is 0 Å². The molecule has 5 N–H and O–H groups in total. The van der Waals surface area contributed by atoms with Crippen LogP contribution < -0.4 is 10.5 Å². The number of nitrogens with two attached hydrogens (primary N) is 1. The van der Waals surface area contributed by atoms with Gasteiger partial charge in [-0.1, -0.05) is 0 Å². The summed E-state index contributed by atoms with van der Waals surface area (Å²) in [6.07, 6.45) is 5.13. The lowest BCUT2D eigenvalue weighted by Gasteiger charge is -2.20. The third kappa shape index (κ3) is 3.72. The summed E-state index contributed by atoms with van der Waals surface area (Å²) >= 11 is 1.01. The molecule has 2 aliphatic carbocycles. The van der Waals surface area contributed by atoms with E-state index in [1.165, 1.54) is 6.20 Å². The molecule has 2 aliphatic rings. The van der Waals surface area contributed by atoms with Gasteiger partial charge in [-0.05, 0) is 74.6 Å². The quantitative estimate of drug-likeness (QED) is 0.518. The Morgan fingerprint density at radius 1 is 1.27 bits per heavy atom. The van der Waals surface area contributed by atoms with Crippen LogP contribution in [0, 0.1) is 11.3 Å². The number of nitriles is 1. The lowest BCUT2D eigenvalue weighted by molar-refractivity contribution is 0.0783. The molecule has 4 rings (SSSR count). The number of benzene rings is 1. The molecule has 1 aromatic heterocycles. The molecular weight excluding hydrogens is 422 g/mol. The predicted molar refractivity (Wildman–Crippen MR) is 115 cm³/mol. The van der Waals surface area contributed by atoms with Gasteiger partial charge in [0.2, 0.25) is 6.35 Å². The van der Waals surface area contributed by atoms with Crippen LogP contribution in [-0.2, 0) is 41.2 Å². The molecule has 2 atom stereocenters. The first-order valence-electron chi connectivity index (χ1n) is 9.88. The van der Waals surface area contributed by atoms with Crippen molar-refractivity contribution in [2.24, 2.45) is 9.50 Å². The van der Waals surface area contributed by atoms with Gasteiger partial charge in [0.15, 0.2) is 0 Å². The topological polar surface area (TPSA) is 145 Å². The van der Waals surface area contributed by atoms with Crippen molar-refractivity contribution in [3.8, 4) is 6.07 Å². The Balaban J connectivity index is 1.68. The van der Waals surface area contributed by atoms with Gasteiger partial charge in [-0.15, -0.1) is 11.3 Å². The van der Waals surface area contributed by atoms with Gasteiger partial charge in [0.05, 0.1) is 17.8 Å². The highest BCUT2D eigenvalue weighted by molar-refractivity contribution is 7.93. The van der Waals surface area contributed by atoms with Crippen molar-refractivity contribution < 1.29 is 14.4 Å². The normalized spacial score (nSPS) is 18.3. The molecule has 160 valence electrons. The SMILES string of the molecule is CC(C)(O)c1ncc(S(N)(=O)=NC(O)Nc2c3c(c(C#N)c4c2CCC4)CCC3)s1. The number of hydrogen-bond acceptors (Lipinski definition) is 8. The highest BCUT2D eigenvalue weighted by Crippen LogP contribution is 2.41. The number of aliphatic hydroxyl groups excluding tert-OH is 1.